The normalized spacial score (nSPS) is 14.0. The molecule has 1 atom stereocenters. The van der Waals surface area contributed by atoms with Gasteiger partial charge in [-0.1, -0.05) is 17.1 Å². The summed E-state index contributed by atoms with van der Waals surface area (Å²) in [6.07, 6.45) is 1.94. The summed E-state index contributed by atoms with van der Waals surface area (Å²) < 4.78 is 0. The first kappa shape index (κ1) is 30.1. The largest absolute Gasteiger partial charge is 0.466 e. The number of thioether (sulfide) groups is 2. The van der Waals surface area contributed by atoms with E-state index in [1.54, 1.807) is 0 Å². The van der Waals surface area contributed by atoms with E-state index >= 15 is 0 Å². The van der Waals surface area contributed by atoms with Crippen LogP contribution in [0.2, 0.25) is 0 Å². The smallest absolute Gasteiger partial charge is 0.230 e. The van der Waals surface area contributed by atoms with Crippen molar-refractivity contribution < 1.29 is 136 Å². The number of carbonyl (C=O) groups excluding carboxylic acids is 1. The first-order valence-electron chi connectivity index (χ1n) is 5.60. The Kier molecular flexibility index (Phi) is 21.1. The van der Waals surface area contributed by atoms with Gasteiger partial charge in [0.25, 0.3) is 0 Å². The minimum Gasteiger partial charge on any atom is -0.466 e. The van der Waals surface area contributed by atoms with Crippen molar-refractivity contribution in [3.63, 3.8) is 0 Å². The maximum Gasteiger partial charge on any atom is 0.230 e. The molecule has 0 spiro atoms. The van der Waals surface area contributed by atoms with Crippen LogP contribution in [0.3, 0.4) is 0 Å². The van der Waals surface area contributed by atoms with Gasteiger partial charge in [0.2, 0.25) is 5.91 Å². The van der Waals surface area contributed by atoms with E-state index in [-0.39, 0.29) is 153 Å². The average Bonchev–Trinajstić information content (AvgIpc) is 2.68. The maximum atomic E-state index is 11.7. The van der Waals surface area contributed by atoms with E-state index in [1.807, 2.05) is 20.3 Å². The Bertz CT molecular complexity index is 531. The third-order valence-electron chi connectivity index (χ3n) is 2.24. The maximum absolute atomic E-state index is 11.7. The Labute approximate surface area is 239 Å². The second-order valence-electron chi connectivity index (χ2n) is 3.76. The van der Waals surface area contributed by atoms with E-state index in [4.69, 9.17) is 0 Å². The molecule has 0 aliphatic carbocycles. The van der Waals surface area contributed by atoms with E-state index in [9.17, 15) is 9.59 Å². The number of hydrogen-bond donors (Lipinski definition) is 1. The molecule has 110 valence electrons. The Morgan fingerprint density at radius 1 is 1.41 bits per heavy atom. The molecular formula is C11H13N3O2S2Y4-2. The fraction of sp³-hybridized carbons (Fsp3) is 0.455. The summed E-state index contributed by atoms with van der Waals surface area (Å²) in [7, 11) is 0. The molecule has 5 nitrogen and oxygen atoms in total. The quantitative estimate of drug-likeness (QED) is 0.297. The van der Waals surface area contributed by atoms with Crippen LogP contribution in [0, 0.1) is 6.42 Å². The summed E-state index contributed by atoms with van der Waals surface area (Å²) in [6, 6.07) is 0. The first-order chi connectivity index (χ1) is 8.60. The van der Waals surface area contributed by atoms with Crippen LogP contribution in [0.4, 0.5) is 0 Å². The monoisotopic (exact) mass is 639 g/mol. The zero-order valence-electron chi connectivity index (χ0n) is 12.4. The molecule has 1 aliphatic rings. The number of amides is 1. The Balaban J connectivity index is -0.000000902. The Morgan fingerprint density at radius 2 is 2.05 bits per heavy atom. The number of aromatic nitrogens is 2. The van der Waals surface area contributed by atoms with E-state index < -0.39 is 0 Å². The van der Waals surface area contributed by atoms with Crippen LogP contribution in [0.5, 0.6) is 0 Å². The molecule has 0 aromatic carbocycles. The van der Waals surface area contributed by atoms with E-state index in [1.165, 1.54) is 23.5 Å². The van der Waals surface area contributed by atoms with Crippen LogP contribution >= 0.6 is 23.5 Å². The predicted octanol–water partition coefficient (Wildman–Crippen LogP) is 0.664. The van der Waals surface area contributed by atoms with Crippen LogP contribution in [0.25, 0.3) is 0 Å². The van der Waals surface area contributed by atoms with Crippen LogP contribution in [-0.4, -0.2) is 28.4 Å². The molecule has 1 N–H and O–H groups in total. The summed E-state index contributed by atoms with van der Waals surface area (Å²) in [5, 5.41) is 3.31. The van der Waals surface area contributed by atoms with Gasteiger partial charge in [-0.3, -0.25) is 4.79 Å². The SMILES string of the molecule is CCNC(=O)CSc1nc2c(c(=O)[n-]1)SC(C)[CH-]2.[Y].[Y].[Y].[Y]. The van der Waals surface area contributed by atoms with Crippen LogP contribution in [0.15, 0.2) is 14.8 Å². The third kappa shape index (κ3) is 9.32. The van der Waals surface area contributed by atoms with E-state index in [2.05, 4.69) is 15.3 Å². The number of hydrogen-bond acceptors (Lipinski definition) is 5. The number of carbonyl (C=O) groups is 1. The molecule has 2 heterocycles. The van der Waals surface area contributed by atoms with Crippen molar-refractivity contribution in [1.82, 2.24) is 15.3 Å². The first-order valence-corrected chi connectivity index (χ1v) is 7.46. The van der Waals surface area contributed by atoms with Gasteiger partial charge in [-0.2, -0.15) is 5.69 Å². The molecule has 1 amide bonds. The van der Waals surface area contributed by atoms with Gasteiger partial charge >= 0.3 is 0 Å². The van der Waals surface area contributed by atoms with Gasteiger partial charge in [-0.25, -0.2) is 18.2 Å². The van der Waals surface area contributed by atoms with Gasteiger partial charge in [-0.05, 0) is 12.1 Å². The molecule has 4 radical (unpaired) electrons. The van der Waals surface area contributed by atoms with Crippen molar-refractivity contribution in [3.8, 4) is 0 Å². The van der Waals surface area contributed by atoms with E-state index in [0.29, 0.717) is 22.3 Å². The van der Waals surface area contributed by atoms with Crippen molar-refractivity contribution in [2.24, 2.45) is 0 Å². The van der Waals surface area contributed by atoms with E-state index in [0.717, 1.165) is 0 Å². The number of nitrogens with zero attached hydrogens (tertiary/aromatic N) is 2. The molecule has 1 unspecified atom stereocenters. The minimum atomic E-state index is -0.246. The molecule has 11 heteroatoms. The minimum absolute atomic E-state index is 0. The van der Waals surface area contributed by atoms with Crippen molar-refractivity contribution in [1.29, 1.82) is 0 Å². The second-order valence-corrected chi connectivity index (χ2v) is 6.09. The molecule has 22 heavy (non-hydrogen) atoms. The van der Waals surface area contributed by atoms with Crippen molar-refractivity contribution >= 4 is 29.4 Å². The molecular weight excluding hydrogens is 626 g/mol. The van der Waals surface area contributed by atoms with Crippen molar-refractivity contribution in [3.05, 3.63) is 22.5 Å². The molecule has 1 aromatic heterocycles. The topological polar surface area (TPSA) is 73.2 Å². The van der Waals surface area contributed by atoms with Gasteiger partial charge in [0, 0.05) is 137 Å². The number of nitrogens with one attached hydrogen (secondary N) is 1. The fourth-order valence-corrected chi connectivity index (χ4v) is 3.16. The van der Waals surface area contributed by atoms with Gasteiger partial charge in [-0.15, -0.1) is 11.8 Å². The molecule has 1 aromatic rings. The molecule has 1 aliphatic heterocycles. The third-order valence-corrected chi connectivity index (χ3v) is 4.22. The van der Waals surface area contributed by atoms with Gasteiger partial charge in [0.1, 0.15) is 5.56 Å². The van der Waals surface area contributed by atoms with Crippen LogP contribution in [0.1, 0.15) is 19.5 Å². The van der Waals surface area contributed by atoms with Gasteiger partial charge in [0.15, 0.2) is 0 Å². The van der Waals surface area contributed by atoms with Crippen molar-refractivity contribution in [2.45, 2.75) is 29.1 Å². The molecule has 2 rings (SSSR count). The summed E-state index contributed by atoms with van der Waals surface area (Å²) in [4.78, 5) is 31.8. The summed E-state index contributed by atoms with van der Waals surface area (Å²) in [5.41, 5.74) is 0.454. The molecule has 0 fully saturated rings. The van der Waals surface area contributed by atoms with Gasteiger partial charge in [0.05, 0.1) is 5.75 Å². The van der Waals surface area contributed by atoms with Crippen molar-refractivity contribution in [2.75, 3.05) is 12.3 Å². The number of fused-ring (bicyclic) bond motifs is 1. The van der Waals surface area contributed by atoms with Gasteiger partial charge < -0.3 is 20.1 Å². The zero-order chi connectivity index (χ0) is 13.1. The summed E-state index contributed by atoms with van der Waals surface area (Å²) in [5.74, 6) is 0.153. The Hall–Kier alpha value is 3.34. The Morgan fingerprint density at radius 3 is 2.64 bits per heavy atom. The molecule has 0 saturated heterocycles. The fourth-order valence-electron chi connectivity index (χ4n) is 1.53. The summed E-state index contributed by atoms with van der Waals surface area (Å²) >= 11 is 2.66. The van der Waals surface area contributed by atoms with Crippen LogP contribution < -0.4 is 15.9 Å². The predicted molar refractivity (Wildman–Crippen MR) is 72.0 cm³/mol. The second kappa shape index (κ2) is 15.4. The number of rotatable bonds is 4. The zero-order valence-corrected chi connectivity index (χ0v) is 25.4. The standard InChI is InChI=1S/C11H14N3O2S2.4Y/c1-3-12-8(15)5-17-11-13-7-4-6(2)18-9(7)10(16)14-11;;;;/h4,6H,3,5H2,1-2H3,(H2,12,13,14,15,16);;;;/q-1;;;;/p-1. The average molecular weight is 639 g/mol. The molecule has 0 bridgehead atoms. The summed E-state index contributed by atoms with van der Waals surface area (Å²) in [6.45, 7) is 4.46. The molecule has 0 saturated carbocycles. The van der Waals surface area contributed by atoms with Crippen LogP contribution in [-0.2, 0) is 136 Å².